The minimum atomic E-state index is -1.09. The van der Waals surface area contributed by atoms with Crippen molar-refractivity contribution in [2.45, 2.75) is 57.9 Å². The first-order valence-corrected chi connectivity index (χ1v) is 6.06. The van der Waals surface area contributed by atoms with Crippen molar-refractivity contribution in [1.82, 2.24) is 5.32 Å². The summed E-state index contributed by atoms with van der Waals surface area (Å²) in [4.78, 5) is 32.2. The van der Waals surface area contributed by atoms with E-state index in [1.807, 2.05) is 0 Å². The number of hydrogen-bond acceptors (Lipinski definition) is 3. The van der Waals surface area contributed by atoms with Gasteiger partial charge in [0.1, 0.15) is 6.29 Å². The molecule has 0 fully saturated rings. The maximum absolute atomic E-state index is 11.4. The third-order valence-corrected chi connectivity index (χ3v) is 2.41. The van der Waals surface area contributed by atoms with E-state index in [1.54, 1.807) is 0 Å². The van der Waals surface area contributed by atoms with Crippen molar-refractivity contribution in [2.24, 2.45) is 0 Å². The van der Waals surface area contributed by atoms with Crippen LogP contribution in [-0.2, 0) is 14.4 Å². The normalized spacial score (nSPS) is 11.8. The summed E-state index contributed by atoms with van der Waals surface area (Å²) >= 11 is 0. The third-order valence-electron chi connectivity index (χ3n) is 2.41. The number of aliphatic carboxylic acids is 1. The molecule has 0 aliphatic carbocycles. The van der Waals surface area contributed by atoms with Gasteiger partial charge in [0.05, 0.1) is 12.5 Å². The van der Waals surface area contributed by atoms with E-state index in [2.05, 4.69) is 12.2 Å². The first-order chi connectivity index (χ1) is 8.10. The number of nitrogens with one attached hydrogen (secondary N) is 1. The number of rotatable bonds is 10. The van der Waals surface area contributed by atoms with Gasteiger partial charge in [0.15, 0.2) is 0 Å². The average Bonchev–Trinajstić information content (AvgIpc) is 2.27. The summed E-state index contributed by atoms with van der Waals surface area (Å²) < 4.78 is 0. The van der Waals surface area contributed by atoms with E-state index in [0.29, 0.717) is 12.7 Å². The highest BCUT2D eigenvalue weighted by Gasteiger charge is 2.14. The zero-order valence-corrected chi connectivity index (χ0v) is 10.3. The molecule has 0 saturated carbocycles. The number of carboxylic acids is 1. The van der Waals surface area contributed by atoms with Gasteiger partial charge in [-0.1, -0.05) is 32.6 Å². The lowest BCUT2D eigenvalue weighted by molar-refractivity contribution is -0.138. The minimum absolute atomic E-state index is 0.250. The fourth-order valence-electron chi connectivity index (χ4n) is 1.49. The van der Waals surface area contributed by atoms with E-state index >= 15 is 0 Å². The maximum atomic E-state index is 11.4. The van der Waals surface area contributed by atoms with Crippen molar-refractivity contribution < 1.29 is 19.5 Å². The van der Waals surface area contributed by atoms with Crippen LogP contribution >= 0.6 is 0 Å². The predicted molar refractivity (Wildman–Crippen MR) is 63.6 cm³/mol. The summed E-state index contributed by atoms with van der Waals surface area (Å²) in [5.41, 5.74) is 0. The van der Waals surface area contributed by atoms with Crippen molar-refractivity contribution in [3.8, 4) is 0 Å². The highest BCUT2D eigenvalue weighted by Crippen LogP contribution is 2.05. The third kappa shape index (κ3) is 9.53. The van der Waals surface area contributed by atoms with Gasteiger partial charge in [-0.15, -0.1) is 0 Å². The summed E-state index contributed by atoms with van der Waals surface area (Å²) in [7, 11) is 0. The molecule has 0 radical (unpaired) electrons. The fourth-order valence-corrected chi connectivity index (χ4v) is 1.49. The maximum Gasteiger partial charge on any atom is 0.305 e. The Balaban J connectivity index is 3.68. The van der Waals surface area contributed by atoms with E-state index in [0.717, 1.165) is 32.1 Å². The van der Waals surface area contributed by atoms with Gasteiger partial charge in [0.2, 0.25) is 5.91 Å². The number of hydrogen-bond donors (Lipinski definition) is 2. The monoisotopic (exact) mass is 243 g/mol. The molecule has 0 aliphatic heterocycles. The SMILES string of the molecule is CCCCCCCC(=O)N[C@@H](C=O)CC(=O)O. The molecule has 5 heteroatoms. The van der Waals surface area contributed by atoms with Crippen LogP contribution in [0.3, 0.4) is 0 Å². The first-order valence-electron chi connectivity index (χ1n) is 6.06. The lowest BCUT2D eigenvalue weighted by atomic mass is 10.1. The second kappa shape index (κ2) is 9.81. The zero-order valence-electron chi connectivity index (χ0n) is 10.3. The summed E-state index contributed by atoms with van der Waals surface area (Å²) in [6.45, 7) is 2.12. The van der Waals surface area contributed by atoms with Crippen LogP contribution in [0.4, 0.5) is 0 Å². The summed E-state index contributed by atoms with van der Waals surface area (Å²) in [6, 6.07) is -0.907. The smallest absolute Gasteiger partial charge is 0.305 e. The molecule has 0 aromatic carbocycles. The Morgan fingerprint density at radius 1 is 1.24 bits per heavy atom. The molecule has 0 spiro atoms. The van der Waals surface area contributed by atoms with Crippen molar-refractivity contribution in [1.29, 1.82) is 0 Å². The molecule has 5 nitrogen and oxygen atoms in total. The van der Waals surface area contributed by atoms with Crippen LogP contribution in [0, 0.1) is 0 Å². The molecule has 0 unspecified atom stereocenters. The fraction of sp³-hybridized carbons (Fsp3) is 0.750. The molecule has 0 aromatic heterocycles. The van der Waals surface area contributed by atoms with Crippen molar-refractivity contribution in [3.05, 3.63) is 0 Å². The van der Waals surface area contributed by atoms with Gasteiger partial charge < -0.3 is 15.2 Å². The van der Waals surface area contributed by atoms with Gasteiger partial charge in [-0.05, 0) is 6.42 Å². The zero-order chi connectivity index (χ0) is 13.1. The molecule has 0 rings (SSSR count). The number of carboxylic acid groups (broad SMARTS) is 1. The van der Waals surface area contributed by atoms with Gasteiger partial charge in [-0.2, -0.15) is 0 Å². The van der Waals surface area contributed by atoms with Gasteiger partial charge in [0.25, 0.3) is 0 Å². The highest BCUT2D eigenvalue weighted by atomic mass is 16.4. The van der Waals surface area contributed by atoms with Gasteiger partial charge in [-0.3, -0.25) is 9.59 Å². The van der Waals surface area contributed by atoms with E-state index in [4.69, 9.17) is 5.11 Å². The molecule has 0 aliphatic rings. The molecule has 1 atom stereocenters. The number of carbonyl (C=O) groups excluding carboxylic acids is 2. The Bertz CT molecular complexity index is 253. The van der Waals surface area contributed by atoms with Crippen LogP contribution < -0.4 is 5.32 Å². The van der Waals surface area contributed by atoms with E-state index in [1.165, 1.54) is 0 Å². The van der Waals surface area contributed by atoms with Crippen LogP contribution in [0.25, 0.3) is 0 Å². The standard InChI is InChI=1S/C12H21NO4/c1-2-3-4-5-6-7-11(15)13-10(9-14)8-12(16)17/h9-10H,2-8H2,1H3,(H,13,15)(H,16,17)/t10-/m1/s1. The molecular weight excluding hydrogens is 222 g/mol. The molecule has 98 valence electrons. The number of aldehydes is 1. The molecule has 0 saturated heterocycles. The Morgan fingerprint density at radius 2 is 1.88 bits per heavy atom. The molecule has 17 heavy (non-hydrogen) atoms. The topological polar surface area (TPSA) is 83.5 Å². The van der Waals surface area contributed by atoms with Gasteiger partial charge in [-0.25, -0.2) is 0 Å². The summed E-state index contributed by atoms with van der Waals surface area (Å²) in [5, 5.41) is 10.9. The van der Waals surface area contributed by atoms with Gasteiger partial charge in [0, 0.05) is 6.42 Å². The Morgan fingerprint density at radius 3 is 2.41 bits per heavy atom. The van der Waals surface area contributed by atoms with Crippen molar-refractivity contribution >= 4 is 18.2 Å². The molecule has 2 N–H and O–H groups in total. The highest BCUT2D eigenvalue weighted by molar-refractivity contribution is 5.82. The van der Waals surface area contributed by atoms with Crippen LogP contribution in [0.5, 0.6) is 0 Å². The Hall–Kier alpha value is -1.39. The van der Waals surface area contributed by atoms with Gasteiger partial charge >= 0.3 is 5.97 Å². The van der Waals surface area contributed by atoms with Crippen molar-refractivity contribution in [3.63, 3.8) is 0 Å². The average molecular weight is 243 g/mol. The van der Waals surface area contributed by atoms with E-state index in [9.17, 15) is 14.4 Å². The lowest BCUT2D eigenvalue weighted by Gasteiger charge is -2.10. The quantitative estimate of drug-likeness (QED) is 0.450. The van der Waals surface area contributed by atoms with Crippen LogP contribution in [0.2, 0.25) is 0 Å². The second-order valence-corrected chi connectivity index (χ2v) is 4.07. The Labute approximate surface area is 102 Å². The predicted octanol–water partition coefficient (Wildman–Crippen LogP) is 1.51. The lowest BCUT2D eigenvalue weighted by Crippen LogP contribution is -2.37. The number of carbonyl (C=O) groups is 3. The second-order valence-electron chi connectivity index (χ2n) is 4.07. The number of amides is 1. The van der Waals surface area contributed by atoms with Crippen LogP contribution in [-0.4, -0.2) is 29.3 Å². The first kappa shape index (κ1) is 15.6. The Kier molecular flexibility index (Phi) is 9.01. The molecule has 0 bridgehead atoms. The molecule has 0 aromatic rings. The minimum Gasteiger partial charge on any atom is -0.481 e. The van der Waals surface area contributed by atoms with Crippen LogP contribution in [0.15, 0.2) is 0 Å². The molecule has 1 amide bonds. The van der Waals surface area contributed by atoms with Crippen LogP contribution in [0.1, 0.15) is 51.9 Å². The summed E-state index contributed by atoms with van der Waals surface area (Å²) in [6.07, 6.45) is 5.66. The number of unbranched alkanes of at least 4 members (excludes halogenated alkanes) is 4. The molecular formula is C12H21NO4. The molecule has 0 heterocycles. The summed E-state index contributed by atoms with van der Waals surface area (Å²) in [5.74, 6) is -1.34. The van der Waals surface area contributed by atoms with E-state index in [-0.39, 0.29) is 12.3 Å². The van der Waals surface area contributed by atoms with Crippen molar-refractivity contribution in [2.75, 3.05) is 0 Å². The van der Waals surface area contributed by atoms with E-state index < -0.39 is 12.0 Å². The largest absolute Gasteiger partial charge is 0.481 e.